The number of sulfonamides is 1. The summed E-state index contributed by atoms with van der Waals surface area (Å²) in [7, 11) is -5.40. The molecule has 0 heterocycles. The topological polar surface area (TPSA) is 46.2 Å². The Bertz CT molecular complexity index is 246. The Kier molecular flexibility index (Phi) is 5.59. The van der Waals surface area contributed by atoms with Crippen molar-refractivity contribution in [3.05, 3.63) is 0 Å². The first-order chi connectivity index (χ1) is 5.41. The predicted molar refractivity (Wildman–Crippen MR) is 36.2 cm³/mol. The zero-order chi connectivity index (χ0) is 10.9. The number of halogens is 6. The fourth-order valence-electron chi connectivity index (χ4n) is 0.428. The number of alkyl halides is 6. The van der Waals surface area contributed by atoms with Gasteiger partial charge >= 0.3 is 31.3 Å². The Balaban J connectivity index is 0. The summed E-state index contributed by atoms with van der Waals surface area (Å²) in [5.74, 6) is -2.56. The predicted octanol–water partition coefficient (Wildman–Crippen LogP) is 0.339. The van der Waals surface area contributed by atoms with E-state index in [1.54, 1.807) is 0 Å². The molecule has 0 aromatic carbocycles. The third kappa shape index (κ3) is 10.2. The molecule has 0 rings (SSSR count). The average Bonchev–Trinajstić information content (AvgIpc) is 1.43. The zero-order valence-corrected chi connectivity index (χ0v) is 6.52. The van der Waals surface area contributed by atoms with Crippen molar-refractivity contribution >= 4 is 28.9 Å². The summed E-state index contributed by atoms with van der Waals surface area (Å²) in [5.41, 5.74) is 0. The van der Waals surface area contributed by atoms with Gasteiger partial charge in [-0.05, 0) is 0 Å². The van der Waals surface area contributed by atoms with Gasteiger partial charge in [-0.2, -0.15) is 26.3 Å². The summed E-state index contributed by atoms with van der Waals surface area (Å²) < 4.78 is 88.0. The number of rotatable bonds is 2. The molecule has 0 fully saturated rings. The second-order valence-corrected chi connectivity index (χ2v) is 3.70. The molecule has 11 heteroatoms. The van der Waals surface area contributed by atoms with Crippen LogP contribution in [0.4, 0.5) is 26.3 Å². The number of hydrogen-bond donors (Lipinski definition) is 1. The van der Waals surface area contributed by atoms with Gasteiger partial charge in [0.2, 0.25) is 10.0 Å². The van der Waals surface area contributed by atoms with Crippen LogP contribution in [0, 0.1) is 0 Å². The first-order valence-electron chi connectivity index (χ1n) is 2.56. The van der Waals surface area contributed by atoms with E-state index in [0.717, 1.165) is 0 Å². The van der Waals surface area contributed by atoms with Gasteiger partial charge in [-0.1, -0.05) is 0 Å². The van der Waals surface area contributed by atoms with E-state index in [4.69, 9.17) is 0 Å². The Labute approximate surface area is 87.1 Å². The molecule has 0 atom stereocenters. The summed E-state index contributed by atoms with van der Waals surface area (Å²) in [6, 6.07) is 0. The van der Waals surface area contributed by atoms with Gasteiger partial charge in [-0.25, -0.2) is 8.42 Å². The van der Waals surface area contributed by atoms with Crippen LogP contribution < -0.4 is 4.72 Å². The van der Waals surface area contributed by atoms with Crippen molar-refractivity contribution in [1.82, 2.24) is 4.72 Å². The third-order valence-electron chi connectivity index (χ3n) is 0.625. The second-order valence-electron chi connectivity index (χ2n) is 1.97. The molecular formula is C3H4F6LiNO2S. The molecule has 1 N–H and O–H groups in total. The molecule has 0 bridgehead atoms. The molecule has 82 valence electrons. The molecular weight excluding hydrogens is 235 g/mol. The molecule has 0 saturated heterocycles. The van der Waals surface area contributed by atoms with Crippen LogP contribution in [0.15, 0.2) is 0 Å². The molecule has 0 spiro atoms. The summed E-state index contributed by atoms with van der Waals surface area (Å²) in [5, 5.41) is 0. The normalized spacial score (nSPS) is 13.6. The Morgan fingerprint density at radius 3 is 1.57 bits per heavy atom. The molecule has 0 radical (unpaired) electrons. The van der Waals surface area contributed by atoms with Gasteiger partial charge in [0, 0.05) is 0 Å². The summed E-state index contributed by atoms with van der Waals surface area (Å²) in [6.45, 7) is 0. The van der Waals surface area contributed by atoms with E-state index in [0.29, 0.717) is 0 Å². The van der Waals surface area contributed by atoms with Gasteiger partial charge in [0.1, 0.15) is 0 Å². The van der Waals surface area contributed by atoms with E-state index in [1.165, 1.54) is 0 Å². The molecule has 0 unspecified atom stereocenters. The van der Waals surface area contributed by atoms with Gasteiger partial charge in [0.25, 0.3) is 0 Å². The quantitative estimate of drug-likeness (QED) is 0.429. The summed E-state index contributed by atoms with van der Waals surface area (Å²) >= 11 is 0. The van der Waals surface area contributed by atoms with Crippen LogP contribution in [-0.2, 0) is 10.0 Å². The fraction of sp³-hybridized carbons (Fsp3) is 1.00. The third-order valence-corrected chi connectivity index (χ3v) is 1.87. The minimum absolute atomic E-state index is 0. The van der Waals surface area contributed by atoms with Gasteiger partial charge in [0.05, 0.1) is 0 Å². The number of hydrogen-bond acceptors (Lipinski definition) is 2. The first kappa shape index (κ1) is 16.5. The van der Waals surface area contributed by atoms with Gasteiger partial charge in [0.15, 0.2) is 5.75 Å². The summed E-state index contributed by atoms with van der Waals surface area (Å²) in [6.07, 6.45) is -10.6. The van der Waals surface area contributed by atoms with E-state index >= 15 is 0 Å². The van der Waals surface area contributed by atoms with Crippen molar-refractivity contribution < 1.29 is 34.8 Å². The Morgan fingerprint density at radius 1 is 1.00 bits per heavy atom. The van der Waals surface area contributed by atoms with Crippen LogP contribution in [0.1, 0.15) is 0 Å². The molecule has 0 aromatic rings. The molecule has 0 aliphatic rings. The molecule has 3 nitrogen and oxygen atoms in total. The maximum atomic E-state index is 11.3. The van der Waals surface area contributed by atoms with Gasteiger partial charge in [-0.15, -0.1) is 4.72 Å². The minimum atomic E-state index is -5.40. The maximum absolute atomic E-state index is 11.3. The van der Waals surface area contributed by atoms with E-state index < -0.39 is 28.3 Å². The van der Waals surface area contributed by atoms with Crippen LogP contribution in [0.2, 0.25) is 0 Å². The van der Waals surface area contributed by atoms with Crippen molar-refractivity contribution in [3.8, 4) is 0 Å². The standard InChI is InChI=1S/C3H3F6NO2S.Li.H/c4-2(5,6)1-13(11,12)10-3(7,8)9;;/h10H,1H2;;. The number of nitrogens with one attached hydrogen (secondary N) is 1. The van der Waals surface area contributed by atoms with Crippen molar-refractivity contribution in [2.24, 2.45) is 0 Å². The van der Waals surface area contributed by atoms with Crippen LogP contribution in [-0.4, -0.2) is 45.5 Å². The van der Waals surface area contributed by atoms with Crippen LogP contribution in [0.5, 0.6) is 0 Å². The van der Waals surface area contributed by atoms with Crippen LogP contribution in [0.3, 0.4) is 0 Å². The van der Waals surface area contributed by atoms with Gasteiger partial charge < -0.3 is 0 Å². The zero-order valence-electron chi connectivity index (χ0n) is 5.70. The van der Waals surface area contributed by atoms with E-state index in [-0.39, 0.29) is 23.6 Å². The van der Waals surface area contributed by atoms with Crippen molar-refractivity contribution in [3.63, 3.8) is 0 Å². The molecule has 0 aliphatic carbocycles. The van der Waals surface area contributed by atoms with Crippen LogP contribution in [0.25, 0.3) is 0 Å². The molecule has 0 saturated carbocycles. The van der Waals surface area contributed by atoms with Crippen molar-refractivity contribution in [1.29, 1.82) is 0 Å². The molecule has 0 amide bonds. The van der Waals surface area contributed by atoms with Crippen molar-refractivity contribution in [2.45, 2.75) is 12.5 Å². The Hall–Kier alpha value is 0.0874. The first-order valence-corrected chi connectivity index (χ1v) is 4.22. The molecule has 0 aliphatic heterocycles. The summed E-state index contributed by atoms with van der Waals surface area (Å²) in [4.78, 5) is 0. The van der Waals surface area contributed by atoms with Crippen molar-refractivity contribution in [2.75, 3.05) is 5.75 Å². The molecule has 14 heavy (non-hydrogen) atoms. The monoisotopic (exact) mass is 239 g/mol. The molecule has 0 aromatic heterocycles. The van der Waals surface area contributed by atoms with Gasteiger partial charge in [-0.3, -0.25) is 0 Å². The second kappa shape index (κ2) is 4.74. The van der Waals surface area contributed by atoms with E-state index in [1.807, 2.05) is 0 Å². The van der Waals surface area contributed by atoms with Crippen LogP contribution >= 0.6 is 0 Å². The average molecular weight is 239 g/mol. The Morgan fingerprint density at radius 2 is 1.36 bits per heavy atom. The SMILES string of the molecule is O=S(=O)(CC(F)(F)F)NC(F)(F)F.[LiH]. The van der Waals surface area contributed by atoms with E-state index in [2.05, 4.69) is 0 Å². The fourth-order valence-corrected chi connectivity index (χ4v) is 1.28. The van der Waals surface area contributed by atoms with E-state index in [9.17, 15) is 34.8 Å².